The number of aromatic nitrogens is 1. The number of benzene rings is 2. The zero-order valence-electron chi connectivity index (χ0n) is 16.9. The third kappa shape index (κ3) is 4.19. The summed E-state index contributed by atoms with van der Waals surface area (Å²) in [6.45, 7) is 3.21. The Hall–Kier alpha value is -3.08. The van der Waals surface area contributed by atoms with Gasteiger partial charge in [0.2, 0.25) is 5.91 Å². The number of ether oxygens (including phenoxy) is 1. The highest BCUT2D eigenvalue weighted by Crippen LogP contribution is 2.32. The fraction of sp³-hybridized carbons (Fsp3) is 0.333. The topological polar surface area (TPSA) is 55.6 Å². The first kappa shape index (κ1) is 19.2. The first-order chi connectivity index (χ1) is 14.3. The van der Waals surface area contributed by atoms with Gasteiger partial charge in [-0.25, -0.2) is 5.43 Å². The lowest BCUT2D eigenvalue weighted by atomic mass is 9.95. The number of carbonyl (C=O) groups excluding carboxylic acids is 1. The zero-order chi connectivity index (χ0) is 20.1. The Morgan fingerprint density at radius 2 is 1.93 bits per heavy atom. The Kier molecular flexibility index (Phi) is 5.94. The number of carbonyl (C=O) groups is 1. The van der Waals surface area contributed by atoms with Gasteiger partial charge in [-0.3, -0.25) is 4.79 Å². The van der Waals surface area contributed by atoms with E-state index < -0.39 is 0 Å². The summed E-state index contributed by atoms with van der Waals surface area (Å²) in [5.74, 6) is 0.677. The van der Waals surface area contributed by atoms with E-state index >= 15 is 0 Å². The summed E-state index contributed by atoms with van der Waals surface area (Å²) in [7, 11) is 0. The van der Waals surface area contributed by atoms with Gasteiger partial charge in [0, 0.05) is 35.1 Å². The maximum Gasteiger partial charge on any atom is 0.241 e. The highest BCUT2D eigenvalue weighted by Gasteiger charge is 2.19. The molecule has 1 aliphatic rings. The molecule has 1 N–H and O–H groups in total. The molecular weight excluding hydrogens is 362 g/mol. The molecule has 0 saturated heterocycles. The lowest BCUT2D eigenvalue weighted by molar-refractivity contribution is -0.121. The molecule has 0 spiro atoms. The Morgan fingerprint density at radius 1 is 1.14 bits per heavy atom. The minimum Gasteiger partial charge on any atom is -0.493 e. The van der Waals surface area contributed by atoms with Crippen LogP contribution in [0.5, 0.6) is 5.75 Å². The van der Waals surface area contributed by atoms with Crippen molar-refractivity contribution in [1.29, 1.82) is 0 Å². The number of aryl methyl sites for hydroxylation is 2. The van der Waals surface area contributed by atoms with E-state index in [-0.39, 0.29) is 5.91 Å². The molecular formula is C24H27N3O2. The van der Waals surface area contributed by atoms with Crippen molar-refractivity contribution in [1.82, 2.24) is 9.99 Å². The van der Waals surface area contributed by atoms with Gasteiger partial charge in [0.05, 0.1) is 12.8 Å². The lowest BCUT2D eigenvalue weighted by Gasteiger charge is -2.15. The van der Waals surface area contributed by atoms with Crippen LogP contribution in [0.1, 0.15) is 43.0 Å². The molecule has 2 aromatic carbocycles. The van der Waals surface area contributed by atoms with Crippen molar-refractivity contribution >= 4 is 23.0 Å². The number of fused-ring (bicyclic) bond motifs is 3. The number of hydrogen-bond donors (Lipinski definition) is 1. The molecule has 4 rings (SSSR count). The molecule has 1 amide bonds. The summed E-state index contributed by atoms with van der Waals surface area (Å²) in [5, 5.41) is 5.46. The van der Waals surface area contributed by atoms with E-state index in [1.807, 2.05) is 31.2 Å². The molecule has 1 aromatic heterocycles. The normalized spacial score (nSPS) is 13.6. The third-order valence-corrected chi connectivity index (χ3v) is 5.46. The van der Waals surface area contributed by atoms with E-state index in [1.54, 1.807) is 6.21 Å². The maximum atomic E-state index is 12.4. The van der Waals surface area contributed by atoms with Crippen LogP contribution in [0.3, 0.4) is 0 Å². The Balaban J connectivity index is 1.42. The van der Waals surface area contributed by atoms with Gasteiger partial charge in [0.1, 0.15) is 5.75 Å². The molecule has 0 unspecified atom stereocenters. The molecule has 0 fully saturated rings. The predicted octanol–water partition coefficient (Wildman–Crippen LogP) is 4.46. The second-order valence-corrected chi connectivity index (χ2v) is 7.32. The van der Waals surface area contributed by atoms with Crippen LogP contribution in [0.25, 0.3) is 10.9 Å². The highest BCUT2D eigenvalue weighted by molar-refractivity contribution is 5.87. The molecule has 1 aliphatic carbocycles. The number of nitrogens with zero attached hydrogens (tertiary/aromatic N) is 2. The van der Waals surface area contributed by atoms with Crippen LogP contribution in [0.4, 0.5) is 0 Å². The lowest BCUT2D eigenvalue weighted by Crippen LogP contribution is -2.20. The SMILES string of the molecule is CCOc1ccccc1/C=N\NC(=O)CCn1c2c(c3ccccc31)CCCC2. The molecule has 0 radical (unpaired) electrons. The third-order valence-electron chi connectivity index (χ3n) is 5.46. The first-order valence-electron chi connectivity index (χ1n) is 10.4. The van der Waals surface area contributed by atoms with Crippen molar-refractivity contribution in [3.8, 4) is 5.75 Å². The average molecular weight is 389 g/mol. The van der Waals surface area contributed by atoms with Gasteiger partial charge in [-0.2, -0.15) is 5.10 Å². The second kappa shape index (κ2) is 8.95. The fourth-order valence-corrected chi connectivity index (χ4v) is 4.16. The fourth-order valence-electron chi connectivity index (χ4n) is 4.16. The Morgan fingerprint density at radius 3 is 2.83 bits per heavy atom. The number of hydrazone groups is 1. The molecule has 0 bridgehead atoms. The number of rotatable bonds is 7. The molecule has 0 atom stereocenters. The summed E-state index contributed by atoms with van der Waals surface area (Å²) in [4.78, 5) is 12.4. The first-order valence-corrected chi connectivity index (χ1v) is 10.4. The maximum absolute atomic E-state index is 12.4. The van der Waals surface area contributed by atoms with Crippen LogP contribution < -0.4 is 10.2 Å². The van der Waals surface area contributed by atoms with E-state index in [0.29, 0.717) is 19.6 Å². The molecule has 5 heteroatoms. The minimum atomic E-state index is -0.0857. The van der Waals surface area contributed by atoms with Crippen molar-refractivity contribution in [3.05, 3.63) is 65.4 Å². The smallest absolute Gasteiger partial charge is 0.241 e. The molecule has 3 aromatic rings. The van der Waals surface area contributed by atoms with E-state index in [4.69, 9.17) is 4.74 Å². The summed E-state index contributed by atoms with van der Waals surface area (Å²) in [6.07, 6.45) is 6.74. The number of para-hydroxylation sites is 2. The molecule has 1 heterocycles. The van der Waals surface area contributed by atoms with Gasteiger partial charge in [0.15, 0.2) is 0 Å². The van der Waals surface area contributed by atoms with Gasteiger partial charge >= 0.3 is 0 Å². The van der Waals surface area contributed by atoms with Crippen molar-refractivity contribution in [2.75, 3.05) is 6.61 Å². The summed E-state index contributed by atoms with van der Waals surface area (Å²) >= 11 is 0. The van der Waals surface area contributed by atoms with Crippen molar-refractivity contribution in [3.63, 3.8) is 0 Å². The standard InChI is InChI=1S/C24H27N3O2/c1-2-29-23-14-8-3-9-18(23)17-25-26-24(28)15-16-27-21-12-6-4-10-19(21)20-11-5-7-13-22(20)27/h3-4,6,8-10,12,14,17H,2,5,7,11,13,15-16H2,1H3,(H,26,28)/b25-17-. The Bertz CT molecular complexity index is 1040. The van der Waals surface area contributed by atoms with E-state index in [0.717, 1.165) is 24.2 Å². The van der Waals surface area contributed by atoms with Gasteiger partial charge in [-0.15, -0.1) is 0 Å². The van der Waals surface area contributed by atoms with E-state index in [1.165, 1.54) is 35.0 Å². The summed E-state index contributed by atoms with van der Waals surface area (Å²) in [6, 6.07) is 16.2. The van der Waals surface area contributed by atoms with Crippen LogP contribution in [0, 0.1) is 0 Å². The molecule has 150 valence electrons. The molecule has 0 aliphatic heterocycles. The number of nitrogens with one attached hydrogen (secondary N) is 1. The van der Waals surface area contributed by atoms with Gasteiger partial charge in [-0.05, 0) is 56.4 Å². The quantitative estimate of drug-likeness (QED) is 0.479. The second-order valence-electron chi connectivity index (χ2n) is 7.32. The molecule has 29 heavy (non-hydrogen) atoms. The van der Waals surface area contributed by atoms with Crippen LogP contribution in [0.15, 0.2) is 53.6 Å². The van der Waals surface area contributed by atoms with Crippen molar-refractivity contribution in [2.45, 2.75) is 45.6 Å². The summed E-state index contributed by atoms with van der Waals surface area (Å²) in [5.41, 5.74) is 7.61. The van der Waals surface area contributed by atoms with Crippen molar-refractivity contribution in [2.24, 2.45) is 5.10 Å². The van der Waals surface area contributed by atoms with Gasteiger partial charge in [0.25, 0.3) is 0 Å². The minimum absolute atomic E-state index is 0.0857. The molecule has 5 nitrogen and oxygen atoms in total. The number of amides is 1. The van der Waals surface area contributed by atoms with Gasteiger partial charge in [-0.1, -0.05) is 30.3 Å². The van der Waals surface area contributed by atoms with Crippen LogP contribution in [-0.2, 0) is 24.2 Å². The summed E-state index contributed by atoms with van der Waals surface area (Å²) < 4.78 is 7.91. The van der Waals surface area contributed by atoms with Gasteiger partial charge < -0.3 is 9.30 Å². The Labute approximate surface area is 171 Å². The zero-order valence-corrected chi connectivity index (χ0v) is 16.9. The van der Waals surface area contributed by atoms with E-state index in [2.05, 4.69) is 39.4 Å². The molecule has 0 saturated carbocycles. The highest BCUT2D eigenvalue weighted by atomic mass is 16.5. The van der Waals surface area contributed by atoms with Crippen LogP contribution >= 0.6 is 0 Å². The monoisotopic (exact) mass is 389 g/mol. The van der Waals surface area contributed by atoms with Crippen LogP contribution in [0.2, 0.25) is 0 Å². The average Bonchev–Trinajstić information content (AvgIpc) is 3.07. The number of hydrogen-bond acceptors (Lipinski definition) is 3. The largest absolute Gasteiger partial charge is 0.493 e. The van der Waals surface area contributed by atoms with Crippen LogP contribution in [-0.4, -0.2) is 23.3 Å². The predicted molar refractivity (Wildman–Crippen MR) is 117 cm³/mol. The van der Waals surface area contributed by atoms with E-state index in [9.17, 15) is 4.79 Å². The van der Waals surface area contributed by atoms with Crippen molar-refractivity contribution < 1.29 is 9.53 Å².